The molecule has 1 amide bonds. The molecule has 2 aromatic carbocycles. The normalized spacial score (nSPS) is 15.3. The molecule has 0 saturated heterocycles. The molecule has 1 aliphatic rings. The van der Waals surface area contributed by atoms with Gasteiger partial charge in [-0.1, -0.05) is 37.5 Å². The molecular formula is C22H25N3O. The maximum atomic E-state index is 12.6. The van der Waals surface area contributed by atoms with Crippen LogP contribution < -0.4 is 5.32 Å². The number of nitrogens with one attached hydrogen (secondary N) is 2. The minimum absolute atomic E-state index is 0.154. The minimum atomic E-state index is 0.154. The third-order valence-corrected chi connectivity index (χ3v) is 5.38. The zero-order chi connectivity index (χ0) is 18.1. The lowest BCUT2D eigenvalue weighted by molar-refractivity contribution is -0.120. The standard InChI is InChI=1S/C22H25N3O/c1-14-8-11-18-20(12-14)24-21(23-18)17-10-9-15(2)19(13-17)25-22(26)16-6-4-3-5-7-16/h8-13,16H,3-7H2,1-2H3,(H,23,24)(H,25,26). The van der Waals surface area contributed by atoms with Gasteiger partial charge in [-0.2, -0.15) is 0 Å². The van der Waals surface area contributed by atoms with Crippen molar-refractivity contribution in [3.8, 4) is 11.4 Å². The van der Waals surface area contributed by atoms with Gasteiger partial charge >= 0.3 is 0 Å². The summed E-state index contributed by atoms with van der Waals surface area (Å²) in [7, 11) is 0. The molecule has 1 aromatic heterocycles. The number of amides is 1. The molecule has 1 saturated carbocycles. The number of benzene rings is 2. The lowest BCUT2D eigenvalue weighted by Crippen LogP contribution is -2.25. The van der Waals surface area contributed by atoms with Crippen molar-refractivity contribution in [3.05, 3.63) is 47.5 Å². The maximum absolute atomic E-state index is 12.6. The Morgan fingerprint density at radius 3 is 2.69 bits per heavy atom. The Balaban J connectivity index is 1.61. The van der Waals surface area contributed by atoms with Crippen molar-refractivity contribution < 1.29 is 4.79 Å². The number of carbonyl (C=O) groups excluding carboxylic acids is 1. The van der Waals surface area contributed by atoms with E-state index in [1.165, 1.54) is 12.0 Å². The highest BCUT2D eigenvalue weighted by Crippen LogP contribution is 2.28. The first kappa shape index (κ1) is 16.8. The maximum Gasteiger partial charge on any atom is 0.227 e. The van der Waals surface area contributed by atoms with Gasteiger partial charge in [-0.25, -0.2) is 4.98 Å². The summed E-state index contributed by atoms with van der Waals surface area (Å²) in [6, 6.07) is 12.3. The number of imidazole rings is 1. The molecule has 3 aromatic rings. The molecule has 0 bridgehead atoms. The number of aromatic amines is 1. The molecule has 0 spiro atoms. The Hall–Kier alpha value is -2.62. The Kier molecular flexibility index (Phi) is 4.49. The van der Waals surface area contributed by atoms with E-state index in [0.717, 1.165) is 59.4 Å². The molecule has 0 aliphatic heterocycles. The largest absolute Gasteiger partial charge is 0.338 e. The molecule has 26 heavy (non-hydrogen) atoms. The van der Waals surface area contributed by atoms with Crippen LogP contribution in [0.1, 0.15) is 43.2 Å². The molecule has 0 atom stereocenters. The molecule has 1 heterocycles. The zero-order valence-corrected chi connectivity index (χ0v) is 15.4. The van der Waals surface area contributed by atoms with Gasteiger partial charge in [-0.3, -0.25) is 4.79 Å². The molecule has 0 radical (unpaired) electrons. The summed E-state index contributed by atoms with van der Waals surface area (Å²) in [6.07, 6.45) is 5.59. The van der Waals surface area contributed by atoms with E-state index in [9.17, 15) is 4.79 Å². The molecule has 4 rings (SSSR count). The van der Waals surface area contributed by atoms with Crippen LogP contribution in [0.25, 0.3) is 22.4 Å². The van der Waals surface area contributed by atoms with Gasteiger partial charge in [0.1, 0.15) is 5.82 Å². The number of hydrogen-bond donors (Lipinski definition) is 2. The van der Waals surface area contributed by atoms with E-state index in [4.69, 9.17) is 4.98 Å². The third kappa shape index (κ3) is 3.36. The van der Waals surface area contributed by atoms with Crippen molar-refractivity contribution in [3.63, 3.8) is 0 Å². The predicted octanol–water partition coefficient (Wildman–Crippen LogP) is 5.37. The molecule has 1 fully saturated rings. The van der Waals surface area contributed by atoms with Crippen LogP contribution in [0.4, 0.5) is 5.69 Å². The van der Waals surface area contributed by atoms with Gasteiger partial charge in [-0.05, 0) is 56.0 Å². The molecular weight excluding hydrogens is 322 g/mol. The summed E-state index contributed by atoms with van der Waals surface area (Å²) < 4.78 is 0. The van der Waals surface area contributed by atoms with E-state index in [1.54, 1.807) is 0 Å². The van der Waals surface area contributed by atoms with Crippen molar-refractivity contribution in [1.82, 2.24) is 9.97 Å². The van der Waals surface area contributed by atoms with Gasteiger partial charge in [0.05, 0.1) is 11.0 Å². The fraction of sp³-hybridized carbons (Fsp3) is 0.364. The second-order valence-electron chi connectivity index (χ2n) is 7.46. The number of nitrogens with zero attached hydrogens (tertiary/aromatic N) is 1. The zero-order valence-electron chi connectivity index (χ0n) is 15.4. The number of carbonyl (C=O) groups is 1. The number of fused-ring (bicyclic) bond motifs is 1. The highest BCUT2D eigenvalue weighted by Gasteiger charge is 2.21. The van der Waals surface area contributed by atoms with E-state index < -0.39 is 0 Å². The van der Waals surface area contributed by atoms with Crippen molar-refractivity contribution in [2.45, 2.75) is 46.0 Å². The van der Waals surface area contributed by atoms with E-state index in [2.05, 4.69) is 35.4 Å². The van der Waals surface area contributed by atoms with Crippen LogP contribution in [-0.4, -0.2) is 15.9 Å². The van der Waals surface area contributed by atoms with E-state index in [-0.39, 0.29) is 11.8 Å². The third-order valence-electron chi connectivity index (χ3n) is 5.38. The number of hydrogen-bond acceptors (Lipinski definition) is 2. The van der Waals surface area contributed by atoms with Crippen molar-refractivity contribution in [2.75, 3.05) is 5.32 Å². The fourth-order valence-electron chi connectivity index (χ4n) is 3.76. The highest BCUT2D eigenvalue weighted by atomic mass is 16.1. The van der Waals surface area contributed by atoms with Crippen LogP contribution >= 0.6 is 0 Å². The predicted molar refractivity (Wildman–Crippen MR) is 106 cm³/mol. The SMILES string of the molecule is Cc1ccc2nc(-c3ccc(C)c(NC(=O)C4CCCCC4)c3)[nH]c2c1. The summed E-state index contributed by atoms with van der Waals surface area (Å²) in [5.41, 5.74) is 6.15. The van der Waals surface area contributed by atoms with Gasteiger partial charge in [0.15, 0.2) is 0 Å². The number of aryl methyl sites for hydroxylation is 2. The quantitative estimate of drug-likeness (QED) is 0.669. The summed E-state index contributed by atoms with van der Waals surface area (Å²) in [5.74, 6) is 1.14. The van der Waals surface area contributed by atoms with Crippen LogP contribution in [0.3, 0.4) is 0 Å². The Morgan fingerprint density at radius 1 is 1.08 bits per heavy atom. The first-order chi connectivity index (χ1) is 12.6. The number of anilines is 1. The molecule has 4 nitrogen and oxygen atoms in total. The second-order valence-corrected chi connectivity index (χ2v) is 7.46. The molecule has 134 valence electrons. The first-order valence-electron chi connectivity index (χ1n) is 9.48. The smallest absolute Gasteiger partial charge is 0.227 e. The second kappa shape index (κ2) is 6.94. The number of H-pyrrole nitrogens is 1. The van der Waals surface area contributed by atoms with Gasteiger partial charge in [0, 0.05) is 17.2 Å². The monoisotopic (exact) mass is 347 g/mol. The van der Waals surface area contributed by atoms with Crippen LogP contribution in [0.15, 0.2) is 36.4 Å². The summed E-state index contributed by atoms with van der Waals surface area (Å²) >= 11 is 0. The van der Waals surface area contributed by atoms with E-state index in [1.807, 2.05) is 25.1 Å². The fourth-order valence-corrected chi connectivity index (χ4v) is 3.76. The summed E-state index contributed by atoms with van der Waals surface area (Å²) in [5, 5.41) is 3.15. The number of aromatic nitrogens is 2. The average molecular weight is 347 g/mol. The Bertz CT molecular complexity index is 951. The van der Waals surface area contributed by atoms with Crippen LogP contribution in [-0.2, 0) is 4.79 Å². The molecule has 0 unspecified atom stereocenters. The van der Waals surface area contributed by atoms with Gasteiger partial charge in [0.25, 0.3) is 0 Å². The molecule has 1 aliphatic carbocycles. The summed E-state index contributed by atoms with van der Waals surface area (Å²) in [6.45, 7) is 4.10. The summed E-state index contributed by atoms with van der Waals surface area (Å²) in [4.78, 5) is 20.7. The van der Waals surface area contributed by atoms with Crippen LogP contribution in [0.5, 0.6) is 0 Å². The lowest BCUT2D eigenvalue weighted by Gasteiger charge is -2.21. The number of rotatable bonds is 3. The highest BCUT2D eigenvalue weighted by molar-refractivity contribution is 5.94. The van der Waals surface area contributed by atoms with Gasteiger partial charge in [0.2, 0.25) is 5.91 Å². The van der Waals surface area contributed by atoms with Crippen molar-refractivity contribution in [2.24, 2.45) is 5.92 Å². The average Bonchev–Trinajstić information content (AvgIpc) is 3.07. The van der Waals surface area contributed by atoms with Gasteiger partial charge in [-0.15, -0.1) is 0 Å². The molecule has 2 N–H and O–H groups in total. The topological polar surface area (TPSA) is 57.8 Å². The van der Waals surface area contributed by atoms with Crippen molar-refractivity contribution >= 4 is 22.6 Å². The van der Waals surface area contributed by atoms with Crippen LogP contribution in [0.2, 0.25) is 0 Å². The first-order valence-corrected chi connectivity index (χ1v) is 9.48. The molecule has 4 heteroatoms. The van der Waals surface area contributed by atoms with Gasteiger partial charge < -0.3 is 10.3 Å². The van der Waals surface area contributed by atoms with Crippen molar-refractivity contribution in [1.29, 1.82) is 0 Å². The Morgan fingerprint density at radius 2 is 1.88 bits per heavy atom. The lowest BCUT2D eigenvalue weighted by atomic mass is 9.88. The van der Waals surface area contributed by atoms with Crippen LogP contribution in [0, 0.1) is 19.8 Å². The van der Waals surface area contributed by atoms with E-state index in [0.29, 0.717) is 0 Å². The van der Waals surface area contributed by atoms with E-state index >= 15 is 0 Å². The Labute approximate surface area is 154 Å². The minimum Gasteiger partial charge on any atom is -0.338 e.